The van der Waals surface area contributed by atoms with Crippen molar-refractivity contribution in [3.63, 3.8) is 0 Å². The smallest absolute Gasteiger partial charge is 0.338 e. The van der Waals surface area contributed by atoms with E-state index >= 15 is 0 Å². The van der Waals surface area contributed by atoms with Crippen LogP contribution in [0.1, 0.15) is 11.6 Å². The van der Waals surface area contributed by atoms with E-state index in [0.717, 1.165) is 11.0 Å². The van der Waals surface area contributed by atoms with Gasteiger partial charge in [-0.1, -0.05) is 29.8 Å². The summed E-state index contributed by atoms with van der Waals surface area (Å²) in [5.41, 5.74) is 1.52. The fourth-order valence-corrected chi connectivity index (χ4v) is 3.42. The standard InChI is InChI=1S/C20H15ClFN3O4/c21-12-6-4-11(5-7-12)18-17-15(10-29-19(17)27)25(20(28)24-18)9-16(26)23-14-3-1-2-13(22)8-14/h1-8,18H,9-10H2,(H,23,26)(H,24,28)/t18-/m0/s1. The number of rotatable bonds is 4. The molecule has 29 heavy (non-hydrogen) atoms. The van der Waals surface area contributed by atoms with Gasteiger partial charge in [0.1, 0.15) is 19.0 Å². The zero-order valence-corrected chi connectivity index (χ0v) is 15.7. The molecule has 0 bridgehead atoms. The predicted molar refractivity (Wildman–Crippen MR) is 102 cm³/mol. The molecule has 0 saturated heterocycles. The number of carbonyl (C=O) groups excluding carboxylic acids is 3. The molecule has 7 nitrogen and oxygen atoms in total. The van der Waals surface area contributed by atoms with Gasteiger partial charge in [0.15, 0.2) is 0 Å². The molecule has 2 aliphatic heterocycles. The molecule has 4 rings (SSSR count). The van der Waals surface area contributed by atoms with Crippen LogP contribution in [0, 0.1) is 5.82 Å². The minimum atomic E-state index is -0.702. The molecule has 2 aromatic rings. The Hall–Kier alpha value is -3.39. The van der Waals surface area contributed by atoms with Crippen molar-refractivity contribution in [1.82, 2.24) is 10.2 Å². The number of ether oxygens (including phenoxy) is 1. The van der Waals surface area contributed by atoms with E-state index in [0.29, 0.717) is 16.3 Å². The second-order valence-corrected chi connectivity index (χ2v) is 6.95. The van der Waals surface area contributed by atoms with Crippen LogP contribution in [0.5, 0.6) is 0 Å². The van der Waals surface area contributed by atoms with E-state index in [-0.39, 0.29) is 24.4 Å². The highest BCUT2D eigenvalue weighted by Gasteiger charge is 2.42. The molecular formula is C20H15ClFN3O4. The van der Waals surface area contributed by atoms with Crippen LogP contribution < -0.4 is 10.6 Å². The highest BCUT2D eigenvalue weighted by atomic mass is 35.5. The number of esters is 1. The molecule has 2 aliphatic rings. The maximum Gasteiger partial charge on any atom is 0.338 e. The van der Waals surface area contributed by atoms with Gasteiger partial charge < -0.3 is 15.4 Å². The number of benzene rings is 2. The van der Waals surface area contributed by atoms with Crippen molar-refractivity contribution in [1.29, 1.82) is 0 Å². The van der Waals surface area contributed by atoms with Crippen LogP contribution in [0.3, 0.4) is 0 Å². The minimum Gasteiger partial charge on any atom is -0.456 e. The van der Waals surface area contributed by atoms with Gasteiger partial charge in [-0.25, -0.2) is 14.0 Å². The fourth-order valence-electron chi connectivity index (χ4n) is 3.29. The quantitative estimate of drug-likeness (QED) is 0.751. The van der Waals surface area contributed by atoms with E-state index in [1.165, 1.54) is 18.2 Å². The first kappa shape index (κ1) is 18.9. The third-order valence-electron chi connectivity index (χ3n) is 4.61. The summed E-state index contributed by atoms with van der Waals surface area (Å²) in [5, 5.41) is 5.78. The average molecular weight is 416 g/mol. The lowest BCUT2D eigenvalue weighted by atomic mass is 9.96. The molecule has 0 spiro atoms. The van der Waals surface area contributed by atoms with Gasteiger partial charge >= 0.3 is 12.0 Å². The van der Waals surface area contributed by atoms with E-state index in [2.05, 4.69) is 10.6 Å². The summed E-state index contributed by atoms with van der Waals surface area (Å²) in [4.78, 5) is 38.5. The van der Waals surface area contributed by atoms with Crippen molar-refractivity contribution in [3.05, 3.63) is 76.2 Å². The van der Waals surface area contributed by atoms with Crippen LogP contribution >= 0.6 is 11.6 Å². The molecule has 0 saturated carbocycles. The Morgan fingerprint density at radius 3 is 2.72 bits per heavy atom. The summed E-state index contributed by atoms with van der Waals surface area (Å²) in [6, 6.07) is 10.9. The molecule has 0 unspecified atom stereocenters. The average Bonchev–Trinajstić information content (AvgIpc) is 3.06. The van der Waals surface area contributed by atoms with Crippen LogP contribution in [0.25, 0.3) is 0 Å². The number of nitrogens with zero attached hydrogens (tertiary/aromatic N) is 1. The molecule has 0 aromatic heterocycles. The molecule has 2 heterocycles. The maximum atomic E-state index is 13.3. The summed E-state index contributed by atoms with van der Waals surface area (Å²) in [6.07, 6.45) is 0. The van der Waals surface area contributed by atoms with Gasteiger partial charge in [-0.05, 0) is 35.9 Å². The number of cyclic esters (lactones) is 1. The number of nitrogens with one attached hydrogen (secondary N) is 2. The zero-order valence-electron chi connectivity index (χ0n) is 14.9. The topological polar surface area (TPSA) is 87.7 Å². The van der Waals surface area contributed by atoms with Crippen molar-refractivity contribution in [2.75, 3.05) is 18.5 Å². The summed E-state index contributed by atoms with van der Waals surface area (Å²) in [5.74, 6) is -1.60. The summed E-state index contributed by atoms with van der Waals surface area (Å²) < 4.78 is 18.4. The van der Waals surface area contributed by atoms with E-state index in [1.807, 2.05) is 0 Å². The molecule has 0 fully saturated rings. The monoisotopic (exact) mass is 415 g/mol. The van der Waals surface area contributed by atoms with E-state index < -0.39 is 29.8 Å². The van der Waals surface area contributed by atoms with Gasteiger partial charge in [-0.15, -0.1) is 0 Å². The van der Waals surface area contributed by atoms with Crippen molar-refractivity contribution in [3.8, 4) is 0 Å². The molecule has 2 N–H and O–H groups in total. The number of carbonyl (C=O) groups is 3. The second-order valence-electron chi connectivity index (χ2n) is 6.52. The number of amides is 3. The largest absolute Gasteiger partial charge is 0.456 e. The predicted octanol–water partition coefficient (Wildman–Crippen LogP) is 3.00. The van der Waals surface area contributed by atoms with Crippen molar-refractivity contribution < 1.29 is 23.5 Å². The molecule has 148 valence electrons. The fraction of sp³-hybridized carbons (Fsp3) is 0.150. The van der Waals surface area contributed by atoms with Gasteiger partial charge in [0.2, 0.25) is 5.91 Å². The highest BCUT2D eigenvalue weighted by molar-refractivity contribution is 6.30. The van der Waals surface area contributed by atoms with Crippen molar-refractivity contribution in [2.45, 2.75) is 6.04 Å². The van der Waals surface area contributed by atoms with Crippen LogP contribution in [-0.4, -0.2) is 36.0 Å². The third kappa shape index (κ3) is 3.79. The Bertz CT molecular complexity index is 1040. The molecule has 3 amide bonds. The van der Waals surface area contributed by atoms with Gasteiger partial charge in [0.25, 0.3) is 0 Å². The number of urea groups is 1. The molecule has 1 atom stereocenters. The lowest BCUT2D eigenvalue weighted by molar-refractivity contribution is -0.136. The Kier molecular flexibility index (Phi) is 4.94. The third-order valence-corrected chi connectivity index (χ3v) is 4.86. The molecular weight excluding hydrogens is 401 g/mol. The summed E-state index contributed by atoms with van der Waals surface area (Å²) in [7, 11) is 0. The Morgan fingerprint density at radius 2 is 2.00 bits per heavy atom. The normalized spacial score (nSPS) is 18.3. The maximum absolute atomic E-state index is 13.3. The Balaban J connectivity index is 1.59. The Labute approximate surface area is 170 Å². The first-order valence-electron chi connectivity index (χ1n) is 8.71. The molecule has 0 aliphatic carbocycles. The van der Waals surface area contributed by atoms with E-state index in [1.54, 1.807) is 24.3 Å². The van der Waals surface area contributed by atoms with Crippen LogP contribution in [0.4, 0.5) is 14.9 Å². The number of anilines is 1. The van der Waals surface area contributed by atoms with Crippen molar-refractivity contribution in [2.24, 2.45) is 0 Å². The van der Waals surface area contributed by atoms with Crippen LogP contribution in [0.15, 0.2) is 59.8 Å². The Morgan fingerprint density at radius 1 is 1.24 bits per heavy atom. The van der Waals surface area contributed by atoms with Gasteiger partial charge in [-0.3, -0.25) is 9.69 Å². The van der Waals surface area contributed by atoms with Gasteiger partial charge in [-0.2, -0.15) is 0 Å². The molecule has 0 radical (unpaired) electrons. The van der Waals surface area contributed by atoms with Crippen LogP contribution in [-0.2, 0) is 14.3 Å². The SMILES string of the molecule is O=C(CN1C(=O)N[C@@H](c2ccc(Cl)cc2)C2=C1COC2=O)Nc1cccc(F)c1. The van der Waals surface area contributed by atoms with Gasteiger partial charge in [0.05, 0.1) is 17.3 Å². The van der Waals surface area contributed by atoms with Crippen molar-refractivity contribution >= 4 is 35.2 Å². The number of hydrogen-bond donors (Lipinski definition) is 2. The second kappa shape index (κ2) is 7.56. The highest BCUT2D eigenvalue weighted by Crippen LogP contribution is 2.35. The number of hydrogen-bond acceptors (Lipinski definition) is 4. The number of halogens is 2. The first-order valence-corrected chi connectivity index (χ1v) is 9.09. The lowest BCUT2D eigenvalue weighted by Crippen LogP contribution is -2.49. The van der Waals surface area contributed by atoms with Crippen LogP contribution in [0.2, 0.25) is 5.02 Å². The van der Waals surface area contributed by atoms with E-state index in [9.17, 15) is 18.8 Å². The minimum absolute atomic E-state index is 0.112. The van der Waals surface area contributed by atoms with Gasteiger partial charge in [0, 0.05) is 10.7 Å². The molecule has 9 heteroatoms. The summed E-state index contributed by atoms with van der Waals surface area (Å²) in [6.45, 7) is -0.468. The van der Waals surface area contributed by atoms with E-state index in [4.69, 9.17) is 16.3 Å². The molecule has 2 aromatic carbocycles. The first-order chi connectivity index (χ1) is 13.9. The summed E-state index contributed by atoms with van der Waals surface area (Å²) >= 11 is 5.91. The lowest BCUT2D eigenvalue weighted by Gasteiger charge is -2.32. The zero-order chi connectivity index (χ0) is 20.5.